The van der Waals surface area contributed by atoms with E-state index in [1.54, 1.807) is 12.1 Å². The predicted octanol–water partition coefficient (Wildman–Crippen LogP) is 2.02. The SMILES string of the molecule is CC(C)(C)n1cc(CN2CCN(S(=O)(=O)c3ccccc3C#N)CC2)cn1. The molecule has 3 rings (SSSR count). The molecule has 1 saturated heterocycles. The average molecular weight is 388 g/mol. The lowest BCUT2D eigenvalue weighted by Gasteiger charge is -2.33. The second-order valence-corrected chi connectivity index (χ2v) is 9.66. The van der Waals surface area contributed by atoms with Crippen LogP contribution in [0.5, 0.6) is 0 Å². The summed E-state index contributed by atoms with van der Waals surface area (Å²) < 4.78 is 29.2. The molecule has 0 spiro atoms. The van der Waals surface area contributed by atoms with Crippen molar-refractivity contribution in [3.63, 3.8) is 0 Å². The van der Waals surface area contributed by atoms with Gasteiger partial charge in [-0.05, 0) is 32.9 Å². The summed E-state index contributed by atoms with van der Waals surface area (Å²) in [5.41, 5.74) is 1.25. The zero-order valence-corrected chi connectivity index (χ0v) is 16.8. The van der Waals surface area contributed by atoms with Gasteiger partial charge in [-0.1, -0.05) is 12.1 Å². The van der Waals surface area contributed by atoms with E-state index in [-0.39, 0.29) is 16.0 Å². The lowest BCUT2D eigenvalue weighted by Crippen LogP contribution is -2.48. The van der Waals surface area contributed by atoms with Crippen molar-refractivity contribution in [3.05, 3.63) is 47.8 Å². The molecule has 7 nitrogen and oxygen atoms in total. The van der Waals surface area contributed by atoms with Gasteiger partial charge in [-0.2, -0.15) is 14.7 Å². The van der Waals surface area contributed by atoms with Crippen LogP contribution < -0.4 is 0 Å². The molecule has 1 aliphatic heterocycles. The molecule has 0 amide bonds. The van der Waals surface area contributed by atoms with Gasteiger partial charge in [0, 0.05) is 44.5 Å². The summed E-state index contributed by atoms with van der Waals surface area (Å²) in [6.07, 6.45) is 3.92. The van der Waals surface area contributed by atoms with E-state index in [2.05, 4.69) is 30.8 Å². The Labute approximate surface area is 160 Å². The van der Waals surface area contributed by atoms with Crippen LogP contribution in [0.25, 0.3) is 0 Å². The van der Waals surface area contributed by atoms with E-state index in [4.69, 9.17) is 0 Å². The fourth-order valence-electron chi connectivity index (χ4n) is 3.12. The van der Waals surface area contributed by atoms with E-state index in [1.807, 2.05) is 23.1 Å². The van der Waals surface area contributed by atoms with Crippen molar-refractivity contribution >= 4 is 10.0 Å². The van der Waals surface area contributed by atoms with Crippen molar-refractivity contribution in [2.75, 3.05) is 26.2 Å². The highest BCUT2D eigenvalue weighted by Crippen LogP contribution is 2.22. The normalized spacial score (nSPS) is 17.0. The zero-order valence-electron chi connectivity index (χ0n) is 16.0. The maximum absolute atomic E-state index is 12.9. The summed E-state index contributed by atoms with van der Waals surface area (Å²) in [6, 6.07) is 8.33. The summed E-state index contributed by atoms with van der Waals surface area (Å²) in [4.78, 5) is 2.32. The van der Waals surface area contributed by atoms with Crippen molar-refractivity contribution in [2.24, 2.45) is 0 Å². The van der Waals surface area contributed by atoms with Crippen LogP contribution in [0.3, 0.4) is 0 Å². The number of hydrogen-bond acceptors (Lipinski definition) is 5. The summed E-state index contributed by atoms with van der Waals surface area (Å²) in [7, 11) is -3.65. The Morgan fingerprint density at radius 1 is 1.15 bits per heavy atom. The monoisotopic (exact) mass is 387 g/mol. The zero-order chi connectivity index (χ0) is 19.7. The van der Waals surface area contributed by atoms with Crippen LogP contribution in [0.2, 0.25) is 0 Å². The number of piperazine rings is 1. The van der Waals surface area contributed by atoms with Crippen LogP contribution in [0.15, 0.2) is 41.6 Å². The van der Waals surface area contributed by atoms with Crippen LogP contribution in [-0.4, -0.2) is 53.6 Å². The third kappa shape index (κ3) is 4.21. The van der Waals surface area contributed by atoms with Crippen LogP contribution in [-0.2, 0) is 22.1 Å². The summed E-state index contributed by atoms with van der Waals surface area (Å²) in [5, 5.41) is 13.6. The van der Waals surface area contributed by atoms with E-state index < -0.39 is 10.0 Å². The quantitative estimate of drug-likeness (QED) is 0.802. The standard InChI is InChI=1S/C19H25N5O2S/c1-19(2,3)24-15-16(13-21-24)14-22-8-10-23(11-9-22)27(25,26)18-7-5-4-6-17(18)12-20/h4-7,13,15H,8-11,14H2,1-3H3. The number of benzene rings is 1. The van der Waals surface area contributed by atoms with Crippen molar-refractivity contribution < 1.29 is 8.42 Å². The summed E-state index contributed by atoms with van der Waals surface area (Å²) >= 11 is 0. The molecule has 1 fully saturated rings. The molecule has 2 aromatic rings. The lowest BCUT2D eigenvalue weighted by atomic mass is 10.1. The largest absolute Gasteiger partial charge is 0.296 e. The number of nitriles is 1. The van der Waals surface area contributed by atoms with Crippen LogP contribution in [0.4, 0.5) is 0 Å². The molecule has 2 heterocycles. The fraction of sp³-hybridized carbons (Fsp3) is 0.474. The summed E-state index contributed by atoms with van der Waals surface area (Å²) in [5.74, 6) is 0. The molecule has 1 aromatic heterocycles. The number of nitrogens with zero attached hydrogens (tertiary/aromatic N) is 5. The minimum absolute atomic E-state index is 0.0564. The van der Waals surface area contributed by atoms with E-state index in [1.165, 1.54) is 16.4 Å². The average Bonchev–Trinajstić information content (AvgIpc) is 3.11. The lowest BCUT2D eigenvalue weighted by molar-refractivity contribution is 0.181. The fourth-order valence-corrected chi connectivity index (χ4v) is 4.68. The number of aromatic nitrogens is 2. The maximum atomic E-state index is 12.9. The van der Waals surface area contributed by atoms with E-state index in [0.717, 1.165) is 12.1 Å². The molecule has 27 heavy (non-hydrogen) atoms. The first kappa shape index (κ1) is 19.5. The Morgan fingerprint density at radius 3 is 2.41 bits per heavy atom. The molecule has 0 radical (unpaired) electrons. The Balaban J connectivity index is 1.65. The molecule has 0 bridgehead atoms. The molecule has 0 atom stereocenters. The second kappa shape index (κ2) is 7.43. The Kier molecular flexibility index (Phi) is 5.38. The molecule has 0 N–H and O–H groups in total. The first-order valence-electron chi connectivity index (χ1n) is 8.97. The third-order valence-electron chi connectivity index (χ3n) is 4.69. The molecular formula is C19H25N5O2S. The van der Waals surface area contributed by atoms with Gasteiger partial charge in [-0.25, -0.2) is 8.42 Å². The molecule has 0 saturated carbocycles. The Bertz CT molecular complexity index is 945. The molecule has 1 aromatic carbocycles. The highest BCUT2D eigenvalue weighted by Gasteiger charge is 2.30. The van der Waals surface area contributed by atoms with E-state index in [9.17, 15) is 13.7 Å². The molecule has 1 aliphatic rings. The first-order chi connectivity index (χ1) is 12.7. The van der Waals surface area contributed by atoms with Crippen LogP contribution >= 0.6 is 0 Å². The Hall–Kier alpha value is -2.21. The van der Waals surface area contributed by atoms with Gasteiger partial charge < -0.3 is 0 Å². The van der Waals surface area contributed by atoms with Crippen molar-refractivity contribution in [1.29, 1.82) is 5.26 Å². The van der Waals surface area contributed by atoms with Gasteiger partial charge >= 0.3 is 0 Å². The van der Waals surface area contributed by atoms with Gasteiger partial charge in [0.05, 0.1) is 22.2 Å². The smallest absolute Gasteiger partial charge is 0.244 e. The molecule has 144 valence electrons. The summed E-state index contributed by atoms with van der Waals surface area (Å²) in [6.45, 7) is 9.18. The molecule has 0 aliphatic carbocycles. The van der Waals surface area contributed by atoms with Crippen molar-refractivity contribution in [2.45, 2.75) is 37.8 Å². The van der Waals surface area contributed by atoms with E-state index in [0.29, 0.717) is 26.2 Å². The third-order valence-corrected chi connectivity index (χ3v) is 6.64. The number of sulfonamides is 1. The van der Waals surface area contributed by atoms with Crippen LogP contribution in [0.1, 0.15) is 31.9 Å². The van der Waals surface area contributed by atoms with Gasteiger partial charge in [-0.3, -0.25) is 9.58 Å². The first-order valence-corrected chi connectivity index (χ1v) is 10.4. The predicted molar refractivity (Wildman–Crippen MR) is 102 cm³/mol. The Morgan fingerprint density at radius 2 is 1.81 bits per heavy atom. The van der Waals surface area contributed by atoms with Crippen molar-refractivity contribution in [3.8, 4) is 6.07 Å². The van der Waals surface area contributed by atoms with Crippen molar-refractivity contribution in [1.82, 2.24) is 19.0 Å². The topological polar surface area (TPSA) is 82.2 Å². The minimum atomic E-state index is -3.65. The number of rotatable bonds is 4. The van der Waals surface area contributed by atoms with Gasteiger partial charge in [-0.15, -0.1) is 0 Å². The molecule has 0 unspecified atom stereocenters. The second-order valence-electron chi connectivity index (χ2n) is 7.75. The van der Waals surface area contributed by atoms with Gasteiger partial charge in [0.1, 0.15) is 6.07 Å². The van der Waals surface area contributed by atoms with Gasteiger partial charge in [0.15, 0.2) is 0 Å². The van der Waals surface area contributed by atoms with E-state index >= 15 is 0 Å². The van der Waals surface area contributed by atoms with Crippen LogP contribution in [0, 0.1) is 11.3 Å². The molecular weight excluding hydrogens is 362 g/mol. The van der Waals surface area contributed by atoms with Gasteiger partial charge in [0.2, 0.25) is 10.0 Å². The highest BCUT2D eigenvalue weighted by molar-refractivity contribution is 7.89. The minimum Gasteiger partial charge on any atom is -0.296 e. The molecule has 8 heteroatoms. The number of hydrogen-bond donors (Lipinski definition) is 0. The maximum Gasteiger partial charge on any atom is 0.244 e. The van der Waals surface area contributed by atoms with Gasteiger partial charge in [0.25, 0.3) is 0 Å². The highest BCUT2D eigenvalue weighted by atomic mass is 32.2.